The number of hydrogen-bond donors (Lipinski definition) is 0. The van der Waals surface area contributed by atoms with Crippen molar-refractivity contribution in [3.8, 4) is 0 Å². The van der Waals surface area contributed by atoms with E-state index in [2.05, 4.69) is 59.6 Å². The van der Waals surface area contributed by atoms with Crippen molar-refractivity contribution in [3.05, 3.63) is 58.7 Å². The highest BCUT2D eigenvalue weighted by Crippen LogP contribution is 2.32. The van der Waals surface area contributed by atoms with E-state index in [1.54, 1.807) is 0 Å². The lowest BCUT2D eigenvalue weighted by atomic mass is 9.94. The highest BCUT2D eigenvalue weighted by molar-refractivity contribution is 5.93. The molecule has 0 bridgehead atoms. The SMILES string of the molecule is CCC(C)C(C)N(C)c1c(C)cc(C)c(C)c1/C=N/c1ccccc1. The van der Waals surface area contributed by atoms with Crippen LogP contribution in [0.2, 0.25) is 0 Å². The van der Waals surface area contributed by atoms with Crippen molar-refractivity contribution in [2.75, 3.05) is 11.9 Å². The molecule has 0 aliphatic carbocycles. The van der Waals surface area contributed by atoms with Gasteiger partial charge in [0.25, 0.3) is 0 Å². The molecular formula is C23H32N2. The fraction of sp³-hybridized carbons (Fsp3) is 0.435. The van der Waals surface area contributed by atoms with Crippen LogP contribution >= 0.6 is 0 Å². The summed E-state index contributed by atoms with van der Waals surface area (Å²) < 4.78 is 0. The van der Waals surface area contributed by atoms with Crippen LogP contribution in [0.3, 0.4) is 0 Å². The van der Waals surface area contributed by atoms with Crippen molar-refractivity contribution in [1.82, 2.24) is 0 Å². The average molecular weight is 337 g/mol. The van der Waals surface area contributed by atoms with Gasteiger partial charge < -0.3 is 4.90 Å². The second-order valence-electron chi connectivity index (χ2n) is 7.23. The monoisotopic (exact) mass is 336 g/mol. The number of aliphatic imine (C=N–C) groups is 1. The molecule has 0 aliphatic heterocycles. The Morgan fingerprint density at radius 1 is 1.04 bits per heavy atom. The van der Waals surface area contributed by atoms with E-state index in [0.29, 0.717) is 12.0 Å². The average Bonchev–Trinajstić information content (AvgIpc) is 2.62. The summed E-state index contributed by atoms with van der Waals surface area (Å²) in [5.41, 5.74) is 7.47. The number of anilines is 1. The molecule has 2 nitrogen and oxygen atoms in total. The number of benzene rings is 2. The van der Waals surface area contributed by atoms with Crippen LogP contribution in [0.1, 0.15) is 49.4 Å². The standard InChI is InChI=1S/C23H32N2/c1-8-16(2)20(6)25(7)23-18(4)14-17(3)19(5)22(23)15-24-21-12-10-9-11-13-21/h9-16,20H,8H2,1-7H3/b24-15+. The van der Waals surface area contributed by atoms with Gasteiger partial charge in [0.05, 0.1) is 5.69 Å². The van der Waals surface area contributed by atoms with Gasteiger partial charge in [-0.3, -0.25) is 4.99 Å². The van der Waals surface area contributed by atoms with Crippen molar-refractivity contribution < 1.29 is 0 Å². The fourth-order valence-electron chi connectivity index (χ4n) is 3.31. The number of hydrogen-bond acceptors (Lipinski definition) is 2. The van der Waals surface area contributed by atoms with Gasteiger partial charge in [-0.05, 0) is 62.4 Å². The molecule has 134 valence electrons. The lowest BCUT2D eigenvalue weighted by Gasteiger charge is -2.34. The van der Waals surface area contributed by atoms with E-state index in [-0.39, 0.29) is 0 Å². The van der Waals surface area contributed by atoms with E-state index < -0.39 is 0 Å². The molecular weight excluding hydrogens is 304 g/mol. The van der Waals surface area contributed by atoms with E-state index in [1.807, 2.05) is 36.5 Å². The zero-order valence-electron chi connectivity index (χ0n) is 16.8. The minimum Gasteiger partial charge on any atom is -0.371 e. The Labute approximate surface area is 153 Å². The van der Waals surface area contributed by atoms with Crippen LogP contribution < -0.4 is 4.90 Å². The van der Waals surface area contributed by atoms with Gasteiger partial charge in [-0.1, -0.05) is 44.5 Å². The highest BCUT2D eigenvalue weighted by Gasteiger charge is 2.21. The van der Waals surface area contributed by atoms with Crippen molar-refractivity contribution in [2.45, 2.75) is 54.0 Å². The van der Waals surface area contributed by atoms with Crippen molar-refractivity contribution in [3.63, 3.8) is 0 Å². The van der Waals surface area contributed by atoms with Crippen LogP contribution in [-0.2, 0) is 0 Å². The largest absolute Gasteiger partial charge is 0.371 e. The highest BCUT2D eigenvalue weighted by atomic mass is 15.1. The van der Waals surface area contributed by atoms with Gasteiger partial charge in [-0.2, -0.15) is 0 Å². The summed E-state index contributed by atoms with van der Waals surface area (Å²) in [7, 11) is 2.22. The molecule has 2 unspecified atom stereocenters. The predicted octanol–water partition coefficient (Wildman–Crippen LogP) is 6.23. The third-order valence-electron chi connectivity index (χ3n) is 5.59. The summed E-state index contributed by atoms with van der Waals surface area (Å²) in [6.45, 7) is 13.5. The molecule has 2 aromatic carbocycles. The molecule has 0 spiro atoms. The number of nitrogens with zero attached hydrogens (tertiary/aromatic N) is 2. The van der Waals surface area contributed by atoms with Crippen molar-refractivity contribution in [1.29, 1.82) is 0 Å². The lowest BCUT2D eigenvalue weighted by molar-refractivity contribution is 0.452. The van der Waals surface area contributed by atoms with E-state index in [1.165, 1.54) is 34.4 Å². The first-order chi connectivity index (χ1) is 11.9. The van der Waals surface area contributed by atoms with Crippen LogP contribution in [0.15, 0.2) is 41.4 Å². The zero-order valence-corrected chi connectivity index (χ0v) is 16.8. The molecule has 2 aromatic rings. The first-order valence-corrected chi connectivity index (χ1v) is 9.29. The molecule has 0 saturated heterocycles. The van der Waals surface area contributed by atoms with Gasteiger partial charge >= 0.3 is 0 Å². The van der Waals surface area contributed by atoms with E-state index >= 15 is 0 Å². The summed E-state index contributed by atoms with van der Waals surface area (Å²) >= 11 is 0. The van der Waals surface area contributed by atoms with Crippen molar-refractivity contribution in [2.24, 2.45) is 10.9 Å². The van der Waals surface area contributed by atoms with Crippen molar-refractivity contribution >= 4 is 17.6 Å². The maximum absolute atomic E-state index is 4.74. The maximum Gasteiger partial charge on any atom is 0.0629 e. The van der Waals surface area contributed by atoms with Gasteiger partial charge in [-0.15, -0.1) is 0 Å². The predicted molar refractivity (Wildman–Crippen MR) is 112 cm³/mol. The molecule has 2 atom stereocenters. The Balaban J connectivity index is 2.52. The smallest absolute Gasteiger partial charge is 0.0629 e. The second kappa shape index (κ2) is 8.33. The molecule has 0 aromatic heterocycles. The zero-order chi connectivity index (χ0) is 18.6. The summed E-state index contributed by atoms with van der Waals surface area (Å²) in [6.07, 6.45) is 3.22. The fourth-order valence-corrected chi connectivity index (χ4v) is 3.31. The molecule has 0 fully saturated rings. The Morgan fingerprint density at radius 2 is 1.68 bits per heavy atom. The number of aryl methyl sites for hydroxylation is 2. The first kappa shape index (κ1) is 19.2. The molecule has 25 heavy (non-hydrogen) atoms. The summed E-state index contributed by atoms with van der Waals surface area (Å²) in [5.74, 6) is 0.643. The lowest BCUT2D eigenvalue weighted by Crippen LogP contribution is -2.35. The third-order valence-corrected chi connectivity index (χ3v) is 5.59. The molecule has 2 rings (SSSR count). The molecule has 0 N–H and O–H groups in total. The molecule has 2 heteroatoms. The Morgan fingerprint density at radius 3 is 2.28 bits per heavy atom. The Kier molecular flexibility index (Phi) is 6.41. The van der Waals surface area contributed by atoms with E-state index in [4.69, 9.17) is 4.99 Å². The Hall–Kier alpha value is -2.09. The number of para-hydroxylation sites is 1. The third kappa shape index (κ3) is 4.31. The molecule has 0 heterocycles. The van der Waals surface area contributed by atoms with E-state index in [0.717, 1.165) is 5.69 Å². The summed E-state index contributed by atoms with van der Waals surface area (Å²) in [6, 6.07) is 12.9. The number of rotatable bonds is 6. The minimum atomic E-state index is 0.481. The van der Waals surface area contributed by atoms with Crippen LogP contribution in [0.25, 0.3) is 0 Å². The second-order valence-corrected chi connectivity index (χ2v) is 7.23. The topological polar surface area (TPSA) is 15.6 Å². The van der Waals surface area contributed by atoms with Gasteiger partial charge in [0, 0.05) is 30.6 Å². The summed E-state index contributed by atoms with van der Waals surface area (Å²) in [5, 5.41) is 0. The van der Waals surface area contributed by atoms with Crippen LogP contribution in [-0.4, -0.2) is 19.3 Å². The quantitative estimate of drug-likeness (QED) is 0.571. The van der Waals surface area contributed by atoms with E-state index in [9.17, 15) is 0 Å². The maximum atomic E-state index is 4.74. The molecule has 0 aliphatic rings. The van der Waals surface area contributed by atoms with Crippen LogP contribution in [0.5, 0.6) is 0 Å². The van der Waals surface area contributed by atoms with Crippen LogP contribution in [0, 0.1) is 26.7 Å². The van der Waals surface area contributed by atoms with Gasteiger partial charge in [-0.25, -0.2) is 0 Å². The first-order valence-electron chi connectivity index (χ1n) is 9.29. The van der Waals surface area contributed by atoms with Gasteiger partial charge in [0.2, 0.25) is 0 Å². The minimum absolute atomic E-state index is 0.481. The van der Waals surface area contributed by atoms with Gasteiger partial charge in [0.15, 0.2) is 0 Å². The normalized spacial score (nSPS) is 13.9. The molecule has 0 radical (unpaired) electrons. The van der Waals surface area contributed by atoms with Crippen LogP contribution in [0.4, 0.5) is 11.4 Å². The summed E-state index contributed by atoms with van der Waals surface area (Å²) in [4.78, 5) is 7.17. The van der Waals surface area contributed by atoms with Gasteiger partial charge in [0.1, 0.15) is 0 Å². The molecule has 0 saturated carbocycles. The molecule has 0 amide bonds. The Bertz CT molecular complexity index is 732.